The van der Waals surface area contributed by atoms with E-state index < -0.39 is 17.8 Å². The molecule has 0 bridgehead atoms. The van der Waals surface area contributed by atoms with E-state index in [-0.39, 0.29) is 29.2 Å². The van der Waals surface area contributed by atoms with Crippen molar-refractivity contribution >= 4 is 34.8 Å². The average Bonchev–Trinajstić information content (AvgIpc) is 2.72. The van der Waals surface area contributed by atoms with Gasteiger partial charge < -0.3 is 27.1 Å². The van der Waals surface area contributed by atoms with E-state index in [2.05, 4.69) is 25.9 Å². The maximum absolute atomic E-state index is 12.9. The topological polar surface area (TPSA) is 129 Å². The second kappa shape index (κ2) is 10.00. The van der Waals surface area contributed by atoms with Gasteiger partial charge in [0.25, 0.3) is 0 Å². The van der Waals surface area contributed by atoms with E-state index in [0.29, 0.717) is 22.6 Å². The number of rotatable bonds is 6. The molecular weight excluding hydrogens is 459 g/mol. The number of nitrogens with zero attached hydrogens (tertiary/aromatic N) is 2. The minimum Gasteiger partial charge on any atom is -0.383 e. The van der Waals surface area contributed by atoms with Crippen LogP contribution in [0.25, 0.3) is 0 Å². The molecule has 0 fully saturated rings. The normalized spacial score (nSPS) is 11.6. The lowest BCUT2D eigenvalue weighted by Crippen LogP contribution is -2.28. The fourth-order valence-electron chi connectivity index (χ4n) is 3.26. The molecule has 0 aliphatic rings. The minimum atomic E-state index is -4.51. The van der Waals surface area contributed by atoms with E-state index >= 15 is 0 Å². The van der Waals surface area contributed by atoms with Crippen LogP contribution < -0.4 is 21.7 Å². The Morgan fingerprint density at radius 3 is 2.26 bits per heavy atom. The lowest BCUT2D eigenvalue weighted by Gasteiger charge is -2.23. The van der Waals surface area contributed by atoms with E-state index in [0.717, 1.165) is 12.1 Å². The van der Waals surface area contributed by atoms with Crippen LogP contribution in [0.1, 0.15) is 37.5 Å². The maximum atomic E-state index is 12.9. The summed E-state index contributed by atoms with van der Waals surface area (Å²) >= 11 is 0. The van der Waals surface area contributed by atoms with Crippen LogP contribution in [0.2, 0.25) is 0 Å². The molecule has 35 heavy (non-hydrogen) atoms. The number of nitrogen functional groups attached to an aromatic ring is 1. The highest BCUT2D eigenvalue weighted by Crippen LogP contribution is 2.30. The molecule has 11 heteroatoms. The van der Waals surface area contributed by atoms with Crippen molar-refractivity contribution in [2.45, 2.75) is 38.9 Å². The van der Waals surface area contributed by atoms with Crippen LogP contribution in [-0.4, -0.2) is 27.2 Å². The summed E-state index contributed by atoms with van der Waals surface area (Å²) in [7, 11) is 0. The van der Waals surface area contributed by atoms with Crippen molar-refractivity contribution in [3.05, 3.63) is 71.5 Å². The predicted molar refractivity (Wildman–Crippen MR) is 131 cm³/mol. The van der Waals surface area contributed by atoms with Gasteiger partial charge in [-0.25, -0.2) is 14.8 Å². The molecule has 6 N–H and O–H groups in total. The van der Waals surface area contributed by atoms with Crippen LogP contribution in [0.4, 0.5) is 41.0 Å². The molecule has 0 aliphatic carbocycles. The molecule has 3 aromatic rings. The number of urea groups is 1. The number of carbonyl (C=O) groups is 1. The standard InChI is InChI=1S/C24H26F3N7O/c1-23(2,3)34-21-19(20(29)30-13-31-21)18(28)11-14-6-4-8-16(10-14)32-22(35)33-17-9-5-7-15(12-17)24(25,26)27/h4-10,12-13,28H,11H2,1-3H3,(H2,32,33,35)(H3,29,30,31,34). The van der Waals surface area contributed by atoms with Crippen molar-refractivity contribution in [1.29, 1.82) is 5.41 Å². The second-order valence-electron chi connectivity index (χ2n) is 8.87. The molecule has 3 rings (SSSR count). The van der Waals surface area contributed by atoms with E-state index in [9.17, 15) is 18.0 Å². The molecule has 1 aromatic heterocycles. The van der Waals surface area contributed by atoms with Gasteiger partial charge in [0.05, 0.1) is 16.8 Å². The summed E-state index contributed by atoms with van der Waals surface area (Å²) in [6.07, 6.45) is -3.00. The maximum Gasteiger partial charge on any atom is 0.416 e. The first-order chi connectivity index (χ1) is 16.3. The number of benzene rings is 2. The largest absolute Gasteiger partial charge is 0.416 e. The molecule has 1 heterocycles. The molecule has 0 unspecified atom stereocenters. The van der Waals surface area contributed by atoms with Gasteiger partial charge in [0.1, 0.15) is 18.0 Å². The Bertz CT molecular complexity index is 1240. The van der Waals surface area contributed by atoms with Crippen molar-refractivity contribution in [2.75, 3.05) is 21.7 Å². The van der Waals surface area contributed by atoms with Gasteiger partial charge in [-0.05, 0) is 56.7 Å². The summed E-state index contributed by atoms with van der Waals surface area (Å²) in [6.45, 7) is 5.87. The Labute approximate surface area is 200 Å². The van der Waals surface area contributed by atoms with E-state index in [1.54, 1.807) is 24.3 Å². The number of hydrogen-bond donors (Lipinski definition) is 5. The molecule has 0 atom stereocenters. The minimum absolute atomic E-state index is 0.00804. The van der Waals surface area contributed by atoms with Crippen molar-refractivity contribution < 1.29 is 18.0 Å². The van der Waals surface area contributed by atoms with E-state index in [1.807, 2.05) is 20.8 Å². The molecule has 0 aliphatic heterocycles. The Kier molecular flexibility index (Phi) is 7.28. The Morgan fingerprint density at radius 2 is 1.63 bits per heavy atom. The van der Waals surface area contributed by atoms with Gasteiger partial charge in [-0.2, -0.15) is 13.2 Å². The summed E-state index contributed by atoms with van der Waals surface area (Å²) in [5.74, 6) is 0.622. The number of anilines is 4. The van der Waals surface area contributed by atoms with Crippen LogP contribution >= 0.6 is 0 Å². The molecule has 184 valence electrons. The van der Waals surface area contributed by atoms with Crippen LogP contribution in [-0.2, 0) is 12.6 Å². The highest BCUT2D eigenvalue weighted by atomic mass is 19.4. The molecule has 2 amide bonds. The van der Waals surface area contributed by atoms with Gasteiger partial charge >= 0.3 is 12.2 Å². The van der Waals surface area contributed by atoms with Gasteiger partial charge in [0.15, 0.2) is 0 Å². The van der Waals surface area contributed by atoms with Crippen molar-refractivity contribution in [2.24, 2.45) is 0 Å². The predicted octanol–water partition coefficient (Wildman–Crippen LogP) is 5.54. The van der Waals surface area contributed by atoms with Gasteiger partial charge in [-0.3, -0.25) is 0 Å². The zero-order chi connectivity index (χ0) is 25.8. The quantitative estimate of drug-likeness (QED) is 0.293. The van der Waals surface area contributed by atoms with Gasteiger partial charge in [0.2, 0.25) is 0 Å². The molecule has 0 spiro atoms. The number of nitrogens with one attached hydrogen (secondary N) is 4. The molecule has 0 saturated heterocycles. The first kappa shape index (κ1) is 25.5. The molecule has 0 saturated carbocycles. The van der Waals surface area contributed by atoms with Crippen molar-refractivity contribution in [1.82, 2.24) is 9.97 Å². The molecular formula is C24H26F3N7O. The SMILES string of the molecule is CC(C)(C)Nc1ncnc(N)c1C(=N)Cc1cccc(NC(=O)Nc2cccc(C(F)(F)F)c2)c1. The lowest BCUT2D eigenvalue weighted by atomic mass is 10.0. The first-order valence-electron chi connectivity index (χ1n) is 10.6. The van der Waals surface area contributed by atoms with Crippen LogP contribution in [0.15, 0.2) is 54.9 Å². The Balaban J connectivity index is 1.71. The molecule has 8 nitrogen and oxygen atoms in total. The van der Waals surface area contributed by atoms with Crippen molar-refractivity contribution in [3.8, 4) is 0 Å². The average molecular weight is 486 g/mol. The summed E-state index contributed by atoms with van der Waals surface area (Å²) in [6, 6.07) is 10.4. The summed E-state index contributed by atoms with van der Waals surface area (Å²) in [5.41, 5.74) is 6.55. The Morgan fingerprint density at radius 1 is 1.00 bits per heavy atom. The summed E-state index contributed by atoms with van der Waals surface area (Å²) in [5, 5.41) is 16.8. The summed E-state index contributed by atoms with van der Waals surface area (Å²) in [4.78, 5) is 20.6. The van der Waals surface area contributed by atoms with Crippen molar-refractivity contribution in [3.63, 3.8) is 0 Å². The molecule has 2 aromatic carbocycles. The lowest BCUT2D eigenvalue weighted by molar-refractivity contribution is -0.137. The third-order valence-electron chi connectivity index (χ3n) is 4.69. The number of nitrogens with two attached hydrogens (primary N) is 1. The number of halogens is 3. The van der Waals surface area contributed by atoms with Crippen LogP contribution in [0.5, 0.6) is 0 Å². The van der Waals surface area contributed by atoms with Gasteiger partial charge in [-0.15, -0.1) is 0 Å². The third kappa shape index (κ3) is 7.16. The third-order valence-corrected chi connectivity index (χ3v) is 4.69. The Hall–Kier alpha value is -4.15. The van der Waals surface area contributed by atoms with Gasteiger partial charge in [0, 0.05) is 23.3 Å². The smallest absolute Gasteiger partial charge is 0.383 e. The first-order valence-corrected chi connectivity index (χ1v) is 10.6. The highest BCUT2D eigenvalue weighted by Gasteiger charge is 2.30. The monoisotopic (exact) mass is 485 g/mol. The second-order valence-corrected chi connectivity index (χ2v) is 8.87. The number of carbonyl (C=O) groups excluding carboxylic acids is 1. The number of amides is 2. The van der Waals surface area contributed by atoms with E-state index in [1.165, 1.54) is 18.5 Å². The molecule has 0 radical (unpaired) electrons. The van der Waals surface area contributed by atoms with Crippen LogP contribution in [0.3, 0.4) is 0 Å². The highest BCUT2D eigenvalue weighted by molar-refractivity contribution is 6.07. The summed E-state index contributed by atoms with van der Waals surface area (Å²) < 4.78 is 38.7. The number of hydrogen-bond acceptors (Lipinski definition) is 6. The fourth-order valence-corrected chi connectivity index (χ4v) is 3.26. The number of aromatic nitrogens is 2. The zero-order valence-electron chi connectivity index (χ0n) is 19.4. The van der Waals surface area contributed by atoms with E-state index in [4.69, 9.17) is 11.1 Å². The van der Waals surface area contributed by atoms with Gasteiger partial charge in [-0.1, -0.05) is 18.2 Å². The van der Waals surface area contributed by atoms with Crippen LogP contribution in [0, 0.1) is 5.41 Å². The fraction of sp³-hybridized carbons (Fsp3) is 0.250. The number of alkyl halides is 3. The zero-order valence-corrected chi connectivity index (χ0v) is 19.4.